The molecule has 0 fully saturated rings. The second-order valence-electron chi connectivity index (χ2n) is 4.03. The minimum Gasteiger partial charge on any atom is -0.503 e. The lowest BCUT2D eigenvalue weighted by Gasteiger charge is -2.07. The van der Waals surface area contributed by atoms with Gasteiger partial charge in [0.05, 0.1) is 20.8 Å². The number of anilines is 1. The van der Waals surface area contributed by atoms with Gasteiger partial charge in [-0.3, -0.25) is 4.79 Å². The average Bonchev–Trinajstić information content (AvgIpc) is 2.36. The van der Waals surface area contributed by atoms with Crippen LogP contribution in [0.1, 0.15) is 0 Å². The van der Waals surface area contributed by atoms with Crippen LogP contribution in [0.2, 0.25) is 15.1 Å². The first kappa shape index (κ1) is 14.9. The molecule has 0 bridgehead atoms. The normalized spacial score (nSPS) is 10.3. The number of aromatic nitrogens is 1. The zero-order valence-corrected chi connectivity index (χ0v) is 12.4. The third-order valence-corrected chi connectivity index (χ3v) is 3.49. The molecule has 7 heteroatoms. The van der Waals surface area contributed by atoms with Crippen molar-refractivity contribution in [3.05, 3.63) is 51.7 Å². The minimum atomic E-state index is -0.305. The highest BCUT2D eigenvalue weighted by Gasteiger charge is 2.13. The van der Waals surface area contributed by atoms with Crippen LogP contribution < -0.4 is 9.88 Å². The Balaban J connectivity index is 2.10. The summed E-state index contributed by atoms with van der Waals surface area (Å²) in [5.74, 6) is -0.228. The molecular formula is C13H10Cl3N2O2+. The van der Waals surface area contributed by atoms with Gasteiger partial charge >= 0.3 is 0 Å². The SMILES string of the molecule is O=C(C[n+]1cccc(O)c1)Nc1cc(Cl)c(Cl)cc1Cl. The number of aromatic hydroxyl groups is 1. The van der Waals surface area contributed by atoms with Crippen LogP contribution in [0.4, 0.5) is 5.69 Å². The summed E-state index contributed by atoms with van der Waals surface area (Å²) in [5, 5.41) is 12.9. The number of halogens is 3. The van der Waals surface area contributed by atoms with E-state index in [9.17, 15) is 9.90 Å². The molecule has 104 valence electrons. The lowest BCUT2D eigenvalue weighted by atomic mass is 10.3. The molecule has 2 aromatic rings. The Morgan fingerprint density at radius 3 is 2.60 bits per heavy atom. The van der Waals surface area contributed by atoms with Gasteiger partial charge < -0.3 is 10.4 Å². The van der Waals surface area contributed by atoms with Crippen LogP contribution in [0, 0.1) is 0 Å². The topological polar surface area (TPSA) is 53.2 Å². The van der Waals surface area contributed by atoms with Crippen molar-refractivity contribution < 1.29 is 14.5 Å². The van der Waals surface area contributed by atoms with E-state index in [0.717, 1.165) is 0 Å². The molecule has 1 heterocycles. The summed E-state index contributed by atoms with van der Waals surface area (Å²) < 4.78 is 1.54. The molecule has 0 aliphatic heterocycles. The molecular weight excluding hydrogens is 323 g/mol. The maximum atomic E-state index is 11.9. The fourth-order valence-corrected chi connectivity index (χ4v) is 2.17. The maximum Gasteiger partial charge on any atom is 0.290 e. The first-order chi connectivity index (χ1) is 9.45. The predicted octanol–water partition coefficient (Wildman–Crippen LogP) is 3.28. The van der Waals surface area contributed by atoms with Gasteiger partial charge in [0.2, 0.25) is 12.7 Å². The van der Waals surface area contributed by atoms with Crippen molar-refractivity contribution in [2.45, 2.75) is 6.54 Å². The van der Waals surface area contributed by atoms with Gasteiger partial charge in [-0.2, -0.15) is 4.57 Å². The van der Waals surface area contributed by atoms with Crippen molar-refractivity contribution in [2.75, 3.05) is 5.32 Å². The Morgan fingerprint density at radius 1 is 1.20 bits per heavy atom. The van der Waals surface area contributed by atoms with E-state index in [1.54, 1.807) is 12.3 Å². The fraction of sp³-hybridized carbons (Fsp3) is 0.0769. The monoisotopic (exact) mass is 331 g/mol. The van der Waals surface area contributed by atoms with Crippen LogP contribution in [0.25, 0.3) is 0 Å². The molecule has 0 atom stereocenters. The molecule has 4 nitrogen and oxygen atoms in total. The summed E-state index contributed by atoms with van der Waals surface area (Å²) in [4.78, 5) is 11.9. The van der Waals surface area contributed by atoms with Crippen LogP contribution in [-0.4, -0.2) is 11.0 Å². The van der Waals surface area contributed by atoms with Crippen molar-refractivity contribution in [3.63, 3.8) is 0 Å². The minimum absolute atomic E-state index is 0.0327. The summed E-state index contributed by atoms with van der Waals surface area (Å²) in [7, 11) is 0. The highest BCUT2D eigenvalue weighted by Crippen LogP contribution is 2.32. The molecule has 0 aliphatic rings. The number of pyridine rings is 1. The summed E-state index contributed by atoms with van der Waals surface area (Å²) in [5.41, 5.74) is 0.381. The number of hydrogen-bond acceptors (Lipinski definition) is 2. The summed E-state index contributed by atoms with van der Waals surface area (Å²) >= 11 is 17.6. The van der Waals surface area contributed by atoms with Crippen LogP contribution >= 0.6 is 34.8 Å². The smallest absolute Gasteiger partial charge is 0.290 e. The van der Waals surface area contributed by atoms with E-state index in [-0.39, 0.29) is 18.2 Å². The second-order valence-corrected chi connectivity index (χ2v) is 5.25. The number of nitrogens with zero attached hydrogens (tertiary/aromatic N) is 1. The number of carbonyl (C=O) groups excluding carboxylic acids is 1. The molecule has 0 saturated carbocycles. The number of amides is 1. The van der Waals surface area contributed by atoms with Gasteiger partial charge in [0.15, 0.2) is 11.9 Å². The van der Waals surface area contributed by atoms with Gasteiger partial charge in [-0.25, -0.2) is 0 Å². The largest absolute Gasteiger partial charge is 0.503 e. The summed E-state index contributed by atoms with van der Waals surface area (Å²) in [6.45, 7) is 0.0327. The first-order valence-corrected chi connectivity index (χ1v) is 6.71. The van der Waals surface area contributed by atoms with E-state index in [0.29, 0.717) is 20.8 Å². The second kappa shape index (κ2) is 6.31. The molecule has 0 aliphatic carbocycles. The van der Waals surface area contributed by atoms with E-state index in [1.807, 2.05) is 0 Å². The van der Waals surface area contributed by atoms with Crippen molar-refractivity contribution in [3.8, 4) is 5.75 Å². The van der Waals surface area contributed by atoms with E-state index in [2.05, 4.69) is 5.32 Å². The Kier molecular flexibility index (Phi) is 4.70. The van der Waals surface area contributed by atoms with Gasteiger partial charge in [0.1, 0.15) is 0 Å². The number of nitrogens with one attached hydrogen (secondary N) is 1. The van der Waals surface area contributed by atoms with E-state index in [1.165, 1.54) is 29.0 Å². The zero-order valence-electron chi connectivity index (χ0n) is 10.1. The van der Waals surface area contributed by atoms with Crippen molar-refractivity contribution >= 4 is 46.4 Å². The molecule has 20 heavy (non-hydrogen) atoms. The van der Waals surface area contributed by atoms with E-state index >= 15 is 0 Å². The Bertz CT molecular complexity index is 662. The molecule has 1 aromatic heterocycles. The molecule has 1 amide bonds. The number of rotatable bonds is 3. The lowest BCUT2D eigenvalue weighted by Crippen LogP contribution is -2.39. The van der Waals surface area contributed by atoms with Crippen LogP contribution in [0.15, 0.2) is 36.7 Å². The molecule has 0 radical (unpaired) electrons. The third kappa shape index (κ3) is 3.76. The van der Waals surface area contributed by atoms with Gasteiger partial charge in [-0.15, -0.1) is 0 Å². The standard InChI is InChI=1S/C13H9Cl3N2O2/c14-9-4-11(16)12(5-10(9)15)17-13(20)7-18-3-1-2-8(19)6-18/h1-6H,7H2,(H-,17,19,20)/p+1. The average molecular weight is 333 g/mol. The molecule has 0 spiro atoms. The van der Waals surface area contributed by atoms with E-state index < -0.39 is 0 Å². The number of hydrogen-bond donors (Lipinski definition) is 2. The molecule has 0 unspecified atom stereocenters. The van der Waals surface area contributed by atoms with Gasteiger partial charge in [-0.05, 0) is 18.2 Å². The quantitative estimate of drug-likeness (QED) is 0.669. The third-order valence-electron chi connectivity index (χ3n) is 2.45. The summed E-state index contributed by atoms with van der Waals surface area (Å²) in [6.07, 6.45) is 3.10. The summed E-state index contributed by atoms with van der Waals surface area (Å²) in [6, 6.07) is 6.10. The van der Waals surface area contributed by atoms with Gasteiger partial charge in [-0.1, -0.05) is 34.8 Å². The number of carbonyl (C=O) groups is 1. The maximum absolute atomic E-state index is 11.9. The molecule has 2 rings (SSSR count). The highest BCUT2D eigenvalue weighted by molar-refractivity contribution is 6.44. The Labute approximate surface area is 130 Å². The van der Waals surface area contributed by atoms with Gasteiger partial charge in [0, 0.05) is 6.07 Å². The van der Waals surface area contributed by atoms with Crippen molar-refractivity contribution in [1.29, 1.82) is 0 Å². The van der Waals surface area contributed by atoms with Crippen molar-refractivity contribution in [1.82, 2.24) is 0 Å². The van der Waals surface area contributed by atoms with Crippen LogP contribution in [-0.2, 0) is 11.3 Å². The van der Waals surface area contributed by atoms with Crippen LogP contribution in [0.3, 0.4) is 0 Å². The zero-order chi connectivity index (χ0) is 14.7. The van der Waals surface area contributed by atoms with Crippen LogP contribution in [0.5, 0.6) is 5.75 Å². The lowest BCUT2D eigenvalue weighted by molar-refractivity contribution is -0.684. The first-order valence-electron chi connectivity index (χ1n) is 5.58. The highest BCUT2D eigenvalue weighted by atomic mass is 35.5. The Hall–Kier alpha value is -1.49. The van der Waals surface area contributed by atoms with E-state index in [4.69, 9.17) is 34.8 Å². The Morgan fingerprint density at radius 2 is 1.90 bits per heavy atom. The molecule has 1 aromatic carbocycles. The van der Waals surface area contributed by atoms with Crippen molar-refractivity contribution in [2.24, 2.45) is 0 Å². The van der Waals surface area contributed by atoms with Gasteiger partial charge in [0.25, 0.3) is 5.91 Å². The predicted molar refractivity (Wildman–Crippen MR) is 78.4 cm³/mol. The molecule has 0 saturated heterocycles. The number of benzene rings is 1. The molecule has 2 N–H and O–H groups in total. The fourth-order valence-electron chi connectivity index (χ4n) is 1.58.